The predicted octanol–water partition coefficient (Wildman–Crippen LogP) is 2.37. The van der Waals surface area contributed by atoms with Crippen LogP contribution in [-0.4, -0.2) is 51.5 Å². The van der Waals surface area contributed by atoms with Crippen molar-refractivity contribution in [3.8, 4) is 0 Å². The summed E-state index contributed by atoms with van der Waals surface area (Å²) >= 11 is 0. The average Bonchev–Trinajstić information content (AvgIpc) is 3.30. The summed E-state index contributed by atoms with van der Waals surface area (Å²) in [4.78, 5) is 14.0. The Hall–Kier alpha value is -2.16. The number of amides is 1. The highest BCUT2D eigenvalue weighted by Crippen LogP contribution is 2.32. The van der Waals surface area contributed by atoms with Crippen LogP contribution in [-0.2, 0) is 11.0 Å². The summed E-state index contributed by atoms with van der Waals surface area (Å²) in [7, 11) is 0. The summed E-state index contributed by atoms with van der Waals surface area (Å²) in [6.45, 7) is 1.91. The minimum atomic E-state index is -4.38. The number of alkyl halides is 3. The zero-order chi connectivity index (χ0) is 18.3. The number of hydrogen-bond acceptors (Lipinski definition) is 4. The Bertz CT molecular complexity index is 806. The van der Waals surface area contributed by atoms with Crippen LogP contribution in [0.15, 0.2) is 18.2 Å². The molecule has 0 bridgehead atoms. The summed E-state index contributed by atoms with van der Waals surface area (Å²) in [6.07, 6.45) is -0.663. The number of nitrogens with zero attached hydrogens (tertiary/aromatic N) is 4. The van der Waals surface area contributed by atoms with Crippen molar-refractivity contribution >= 4 is 16.9 Å². The molecular formula is C17H20F3N5O. The third-order valence-corrected chi connectivity index (χ3v) is 5.01. The van der Waals surface area contributed by atoms with Crippen LogP contribution in [0, 0.1) is 0 Å². The predicted molar refractivity (Wildman–Crippen MR) is 88.4 cm³/mol. The summed E-state index contributed by atoms with van der Waals surface area (Å²) in [5, 5.41) is 11.0. The molecule has 140 valence electrons. The van der Waals surface area contributed by atoms with Crippen molar-refractivity contribution in [2.75, 3.05) is 19.6 Å². The van der Waals surface area contributed by atoms with Gasteiger partial charge in [-0.1, -0.05) is 5.21 Å². The minimum absolute atomic E-state index is 0.0665. The molecule has 1 saturated carbocycles. The van der Waals surface area contributed by atoms with Gasteiger partial charge in [-0.25, -0.2) is 4.68 Å². The second-order valence-corrected chi connectivity index (χ2v) is 7.08. The van der Waals surface area contributed by atoms with Gasteiger partial charge in [0.1, 0.15) is 5.52 Å². The van der Waals surface area contributed by atoms with Crippen LogP contribution in [0.3, 0.4) is 0 Å². The van der Waals surface area contributed by atoms with Crippen LogP contribution in [0.2, 0.25) is 0 Å². The van der Waals surface area contributed by atoms with Gasteiger partial charge in [0.25, 0.3) is 0 Å². The van der Waals surface area contributed by atoms with Crippen molar-refractivity contribution < 1.29 is 18.0 Å². The highest BCUT2D eigenvalue weighted by Gasteiger charge is 2.32. The van der Waals surface area contributed by atoms with Crippen molar-refractivity contribution in [2.24, 2.45) is 0 Å². The molecule has 0 spiro atoms. The van der Waals surface area contributed by atoms with Crippen molar-refractivity contribution in [3.05, 3.63) is 23.8 Å². The molecule has 0 atom stereocenters. The first-order chi connectivity index (χ1) is 12.4. The molecule has 2 heterocycles. The number of fused-ring (bicyclic) bond motifs is 1. The van der Waals surface area contributed by atoms with Crippen LogP contribution in [0.25, 0.3) is 11.0 Å². The molecule has 2 fully saturated rings. The summed E-state index contributed by atoms with van der Waals surface area (Å²) < 4.78 is 40.2. The first-order valence-electron chi connectivity index (χ1n) is 8.84. The van der Waals surface area contributed by atoms with Gasteiger partial charge in [-0.3, -0.25) is 9.69 Å². The smallest absolute Gasteiger partial charge is 0.352 e. The highest BCUT2D eigenvalue weighted by molar-refractivity contribution is 5.78. The summed E-state index contributed by atoms with van der Waals surface area (Å²) in [5.74, 6) is 0.0665. The fraction of sp³-hybridized carbons (Fsp3) is 0.588. The topological polar surface area (TPSA) is 63.1 Å². The quantitative estimate of drug-likeness (QED) is 0.901. The monoisotopic (exact) mass is 367 g/mol. The Morgan fingerprint density at radius 1 is 1.19 bits per heavy atom. The molecule has 2 aromatic rings. The number of likely N-dealkylation sites (tertiary alicyclic amines) is 1. The Morgan fingerprint density at radius 3 is 2.58 bits per heavy atom. The van der Waals surface area contributed by atoms with E-state index in [1.165, 1.54) is 6.07 Å². The van der Waals surface area contributed by atoms with Gasteiger partial charge in [0.05, 0.1) is 23.7 Å². The molecule has 1 N–H and O–H groups in total. The van der Waals surface area contributed by atoms with E-state index in [2.05, 4.69) is 20.5 Å². The number of carbonyl (C=O) groups excluding carboxylic acids is 1. The van der Waals surface area contributed by atoms with E-state index in [-0.39, 0.29) is 17.5 Å². The fourth-order valence-corrected chi connectivity index (χ4v) is 3.41. The SMILES string of the molecule is O=C(CN1CCC(n2nnc3cc(C(F)(F)F)ccc32)CC1)NC1CC1. The van der Waals surface area contributed by atoms with E-state index in [1.54, 1.807) is 4.68 Å². The molecule has 1 amide bonds. The maximum atomic E-state index is 12.8. The Labute approximate surface area is 148 Å². The number of piperidine rings is 1. The van der Waals surface area contributed by atoms with Crippen LogP contribution >= 0.6 is 0 Å². The maximum Gasteiger partial charge on any atom is 0.416 e. The summed E-state index contributed by atoms with van der Waals surface area (Å²) in [6, 6.07) is 3.99. The molecule has 4 rings (SSSR count). The third kappa shape index (κ3) is 3.67. The molecule has 1 aliphatic carbocycles. The zero-order valence-electron chi connectivity index (χ0n) is 14.2. The molecule has 0 unspecified atom stereocenters. The van der Waals surface area contributed by atoms with Crippen molar-refractivity contribution in [2.45, 2.75) is 43.9 Å². The lowest BCUT2D eigenvalue weighted by molar-refractivity contribution is -0.137. The van der Waals surface area contributed by atoms with Crippen LogP contribution in [0.1, 0.15) is 37.3 Å². The molecular weight excluding hydrogens is 347 g/mol. The minimum Gasteiger partial charge on any atom is -0.352 e. The van der Waals surface area contributed by atoms with Gasteiger partial charge >= 0.3 is 6.18 Å². The molecule has 6 nitrogen and oxygen atoms in total. The van der Waals surface area contributed by atoms with Crippen LogP contribution in [0.5, 0.6) is 0 Å². The Morgan fingerprint density at radius 2 is 1.92 bits per heavy atom. The van der Waals surface area contributed by atoms with Crippen LogP contribution < -0.4 is 5.32 Å². The van der Waals surface area contributed by atoms with Gasteiger partial charge in [-0.2, -0.15) is 13.2 Å². The number of rotatable bonds is 4. The molecule has 0 radical (unpaired) electrons. The number of halogens is 3. The van der Waals surface area contributed by atoms with Gasteiger partial charge in [0, 0.05) is 19.1 Å². The van der Waals surface area contributed by atoms with E-state index in [0.717, 1.165) is 50.9 Å². The molecule has 9 heteroatoms. The molecule has 2 aliphatic rings. The van der Waals surface area contributed by atoms with Gasteiger partial charge in [0.15, 0.2) is 0 Å². The number of aromatic nitrogens is 3. The lowest BCUT2D eigenvalue weighted by atomic mass is 10.0. The normalized spacial score (nSPS) is 19.8. The van der Waals surface area contributed by atoms with E-state index in [1.807, 2.05) is 0 Å². The zero-order valence-corrected chi connectivity index (χ0v) is 14.2. The van der Waals surface area contributed by atoms with E-state index in [9.17, 15) is 18.0 Å². The average molecular weight is 367 g/mol. The van der Waals surface area contributed by atoms with E-state index in [4.69, 9.17) is 0 Å². The molecule has 1 saturated heterocycles. The number of nitrogens with one attached hydrogen (secondary N) is 1. The molecule has 1 aromatic heterocycles. The van der Waals surface area contributed by atoms with Gasteiger partial charge < -0.3 is 5.32 Å². The molecule has 1 aromatic carbocycles. The van der Waals surface area contributed by atoms with Gasteiger partial charge in [-0.05, 0) is 43.9 Å². The number of hydrogen-bond donors (Lipinski definition) is 1. The highest BCUT2D eigenvalue weighted by atomic mass is 19.4. The first-order valence-corrected chi connectivity index (χ1v) is 8.84. The molecule has 1 aliphatic heterocycles. The van der Waals surface area contributed by atoms with Gasteiger partial charge in [0.2, 0.25) is 5.91 Å². The van der Waals surface area contributed by atoms with Crippen LogP contribution in [0.4, 0.5) is 13.2 Å². The lowest BCUT2D eigenvalue weighted by Gasteiger charge is -2.31. The van der Waals surface area contributed by atoms with Crippen molar-refractivity contribution in [3.63, 3.8) is 0 Å². The molecule has 26 heavy (non-hydrogen) atoms. The Kier molecular flexibility index (Phi) is 4.34. The largest absolute Gasteiger partial charge is 0.416 e. The van der Waals surface area contributed by atoms with E-state index in [0.29, 0.717) is 18.1 Å². The number of carbonyl (C=O) groups is 1. The lowest BCUT2D eigenvalue weighted by Crippen LogP contribution is -2.42. The second-order valence-electron chi connectivity index (χ2n) is 7.08. The number of benzene rings is 1. The fourth-order valence-electron chi connectivity index (χ4n) is 3.41. The second kappa shape index (κ2) is 6.53. The van der Waals surface area contributed by atoms with E-state index < -0.39 is 11.7 Å². The third-order valence-electron chi connectivity index (χ3n) is 5.01. The standard InChI is InChI=1S/C17H20F3N5O/c18-17(19,20)11-1-4-15-14(9-11)22-23-25(15)13-5-7-24(8-6-13)10-16(26)21-12-2-3-12/h1,4,9,12-13H,2-3,5-8,10H2,(H,21,26). The van der Waals surface area contributed by atoms with Crippen molar-refractivity contribution in [1.29, 1.82) is 0 Å². The first kappa shape index (κ1) is 17.3. The summed E-state index contributed by atoms with van der Waals surface area (Å²) in [5.41, 5.74) is 0.155. The maximum absolute atomic E-state index is 12.8. The van der Waals surface area contributed by atoms with Crippen molar-refractivity contribution in [1.82, 2.24) is 25.2 Å². The van der Waals surface area contributed by atoms with E-state index >= 15 is 0 Å². The Balaban J connectivity index is 1.40. The van der Waals surface area contributed by atoms with Gasteiger partial charge in [-0.15, -0.1) is 5.10 Å².